The summed E-state index contributed by atoms with van der Waals surface area (Å²) in [4.78, 5) is 24.1. The maximum absolute atomic E-state index is 12.1. The first-order valence-electron chi connectivity index (χ1n) is 9.44. The van der Waals surface area contributed by atoms with Crippen molar-refractivity contribution in [2.75, 3.05) is 5.32 Å². The van der Waals surface area contributed by atoms with Gasteiger partial charge in [-0.1, -0.05) is 53.5 Å². The van der Waals surface area contributed by atoms with Crippen LogP contribution < -0.4 is 15.5 Å². The zero-order chi connectivity index (χ0) is 22.9. The van der Waals surface area contributed by atoms with Crippen LogP contribution >= 0.6 is 39.1 Å². The average molecular weight is 535 g/mol. The first-order chi connectivity index (χ1) is 15.4. The lowest BCUT2D eigenvalue weighted by Crippen LogP contribution is -2.24. The quantitative estimate of drug-likeness (QED) is 0.217. The van der Waals surface area contributed by atoms with E-state index in [9.17, 15) is 9.59 Å². The van der Waals surface area contributed by atoms with Gasteiger partial charge in [-0.25, -0.2) is 5.43 Å². The predicted molar refractivity (Wildman–Crippen MR) is 130 cm³/mol. The minimum absolute atomic E-state index is 0.254. The van der Waals surface area contributed by atoms with Gasteiger partial charge in [-0.15, -0.1) is 0 Å². The van der Waals surface area contributed by atoms with Crippen LogP contribution in [-0.2, 0) is 16.2 Å². The van der Waals surface area contributed by atoms with Crippen molar-refractivity contribution < 1.29 is 14.3 Å². The van der Waals surface area contributed by atoms with Crippen LogP contribution in [0.1, 0.15) is 17.5 Å². The lowest BCUT2D eigenvalue weighted by atomic mass is 10.2. The molecule has 2 N–H and O–H groups in total. The Morgan fingerprint density at radius 2 is 1.75 bits per heavy atom. The number of hydrogen-bond acceptors (Lipinski definition) is 4. The van der Waals surface area contributed by atoms with Gasteiger partial charge in [0.25, 0.3) is 0 Å². The van der Waals surface area contributed by atoms with Gasteiger partial charge >= 0.3 is 0 Å². The van der Waals surface area contributed by atoms with E-state index in [1.807, 2.05) is 24.3 Å². The summed E-state index contributed by atoms with van der Waals surface area (Å²) in [5.74, 6) is -0.513. The molecule has 3 aromatic rings. The largest absolute Gasteiger partial charge is 0.488 e. The van der Waals surface area contributed by atoms with Crippen LogP contribution in [0.15, 0.2) is 76.3 Å². The van der Waals surface area contributed by atoms with Gasteiger partial charge in [0.15, 0.2) is 0 Å². The number of anilines is 1. The molecule has 3 aromatic carbocycles. The van der Waals surface area contributed by atoms with E-state index in [2.05, 4.69) is 31.8 Å². The van der Waals surface area contributed by atoms with Crippen molar-refractivity contribution in [3.05, 3.63) is 92.4 Å². The topological polar surface area (TPSA) is 79.8 Å². The van der Waals surface area contributed by atoms with Crippen molar-refractivity contribution in [1.29, 1.82) is 0 Å². The van der Waals surface area contributed by atoms with E-state index < -0.39 is 11.8 Å². The van der Waals surface area contributed by atoms with E-state index in [1.165, 1.54) is 6.21 Å². The summed E-state index contributed by atoms with van der Waals surface area (Å²) in [6, 6.07) is 19.5. The third-order valence-corrected chi connectivity index (χ3v) is 5.47. The minimum Gasteiger partial charge on any atom is -0.488 e. The summed E-state index contributed by atoms with van der Waals surface area (Å²) >= 11 is 15.6. The molecule has 0 spiro atoms. The number of nitrogens with one attached hydrogen (secondary N) is 2. The maximum atomic E-state index is 12.1. The molecule has 0 fully saturated rings. The molecule has 0 aliphatic carbocycles. The Kier molecular flexibility index (Phi) is 8.67. The third kappa shape index (κ3) is 7.09. The number of hydrazone groups is 1. The highest BCUT2D eigenvalue weighted by Gasteiger charge is 2.11. The van der Waals surface area contributed by atoms with Gasteiger partial charge in [0, 0.05) is 25.6 Å². The lowest BCUT2D eigenvalue weighted by molar-refractivity contribution is -0.126. The molecule has 0 heterocycles. The Hall–Kier alpha value is -2.87. The summed E-state index contributed by atoms with van der Waals surface area (Å²) in [6.07, 6.45) is 1.02. The van der Waals surface area contributed by atoms with Gasteiger partial charge in [-0.3, -0.25) is 9.59 Å². The lowest BCUT2D eigenvalue weighted by Gasteiger charge is -2.10. The monoisotopic (exact) mass is 533 g/mol. The zero-order valence-corrected chi connectivity index (χ0v) is 19.7. The van der Waals surface area contributed by atoms with Gasteiger partial charge < -0.3 is 10.1 Å². The SMILES string of the molecule is O=C(CC(=O)Nc1ccccc1Br)NN=Cc1cc(Cl)ccc1OCc1ccccc1Cl. The number of ether oxygens (including phenoxy) is 1. The molecular formula is C23H18BrCl2N3O3. The van der Waals surface area contributed by atoms with E-state index in [-0.39, 0.29) is 13.0 Å². The number of benzene rings is 3. The second-order valence-electron chi connectivity index (χ2n) is 6.56. The number of halogens is 3. The number of nitrogens with zero attached hydrogens (tertiary/aromatic N) is 1. The van der Waals surface area contributed by atoms with Gasteiger partial charge in [0.1, 0.15) is 18.8 Å². The van der Waals surface area contributed by atoms with Gasteiger partial charge in [0.2, 0.25) is 11.8 Å². The van der Waals surface area contributed by atoms with Crippen LogP contribution in [-0.4, -0.2) is 18.0 Å². The number of hydrogen-bond donors (Lipinski definition) is 2. The minimum atomic E-state index is -0.564. The van der Waals surface area contributed by atoms with E-state index >= 15 is 0 Å². The smallest absolute Gasteiger partial charge is 0.249 e. The highest BCUT2D eigenvalue weighted by molar-refractivity contribution is 9.10. The van der Waals surface area contributed by atoms with Gasteiger partial charge in [0.05, 0.1) is 11.9 Å². The first-order valence-corrected chi connectivity index (χ1v) is 11.0. The van der Waals surface area contributed by atoms with E-state index in [0.29, 0.717) is 27.0 Å². The highest BCUT2D eigenvalue weighted by Crippen LogP contribution is 2.24. The molecule has 3 rings (SSSR count). The van der Waals surface area contributed by atoms with Crippen LogP contribution in [0.3, 0.4) is 0 Å². The fraction of sp³-hybridized carbons (Fsp3) is 0.0870. The Morgan fingerprint density at radius 1 is 1.00 bits per heavy atom. The van der Waals surface area contributed by atoms with Crippen LogP contribution in [0.5, 0.6) is 5.75 Å². The fourth-order valence-corrected chi connectivity index (χ4v) is 3.39. The molecule has 0 atom stereocenters. The van der Waals surface area contributed by atoms with Crippen LogP contribution in [0.4, 0.5) is 5.69 Å². The third-order valence-electron chi connectivity index (χ3n) is 4.17. The predicted octanol–water partition coefficient (Wildman–Crippen LogP) is 5.81. The molecule has 0 saturated heterocycles. The zero-order valence-electron chi connectivity index (χ0n) is 16.6. The standard InChI is InChI=1S/C23H18BrCl2N3O3/c24-18-6-2-4-8-20(18)28-22(30)12-23(31)29-27-13-16-11-17(25)9-10-21(16)32-14-15-5-1-3-7-19(15)26/h1-11,13H,12,14H2,(H,28,30)(H,29,31). The summed E-state index contributed by atoms with van der Waals surface area (Å²) in [5.41, 5.74) is 4.29. The van der Waals surface area contributed by atoms with Crippen molar-refractivity contribution >= 4 is 62.8 Å². The summed E-state index contributed by atoms with van der Waals surface area (Å²) in [7, 11) is 0. The number of carbonyl (C=O) groups excluding carboxylic acids is 2. The summed E-state index contributed by atoms with van der Waals surface area (Å²) < 4.78 is 6.56. The van der Waals surface area contributed by atoms with Crippen molar-refractivity contribution in [3.8, 4) is 5.75 Å². The van der Waals surface area contributed by atoms with E-state index in [4.69, 9.17) is 27.9 Å². The van der Waals surface area contributed by atoms with Crippen LogP contribution in [0.25, 0.3) is 0 Å². The Balaban J connectivity index is 1.57. The Morgan fingerprint density at radius 3 is 2.53 bits per heavy atom. The van der Waals surface area contributed by atoms with E-state index in [1.54, 1.807) is 42.5 Å². The van der Waals surface area contributed by atoms with Crippen LogP contribution in [0, 0.1) is 0 Å². The van der Waals surface area contributed by atoms with Crippen molar-refractivity contribution in [2.24, 2.45) is 5.10 Å². The molecule has 0 aromatic heterocycles. The molecule has 0 aliphatic rings. The molecule has 2 amide bonds. The Labute approximate surface area is 203 Å². The first kappa shape index (κ1) is 23.8. The molecule has 9 heteroatoms. The molecule has 0 radical (unpaired) electrons. The molecule has 0 bridgehead atoms. The highest BCUT2D eigenvalue weighted by atomic mass is 79.9. The fourth-order valence-electron chi connectivity index (χ4n) is 2.64. The molecule has 0 saturated carbocycles. The molecule has 6 nitrogen and oxygen atoms in total. The summed E-state index contributed by atoms with van der Waals surface area (Å²) in [6.45, 7) is 0.254. The van der Waals surface area contributed by atoms with Gasteiger partial charge in [-0.2, -0.15) is 5.10 Å². The van der Waals surface area contributed by atoms with Crippen molar-refractivity contribution in [1.82, 2.24) is 5.43 Å². The number of rotatable bonds is 8. The number of carbonyl (C=O) groups is 2. The Bertz CT molecular complexity index is 1150. The second kappa shape index (κ2) is 11.7. The number of para-hydroxylation sites is 1. The summed E-state index contributed by atoms with van der Waals surface area (Å²) in [5, 5.41) is 7.65. The maximum Gasteiger partial charge on any atom is 0.249 e. The second-order valence-corrected chi connectivity index (χ2v) is 8.26. The normalized spacial score (nSPS) is 10.7. The van der Waals surface area contributed by atoms with Gasteiger partial charge in [-0.05, 0) is 52.3 Å². The number of amides is 2. The van der Waals surface area contributed by atoms with E-state index in [0.717, 1.165) is 10.0 Å². The molecule has 32 heavy (non-hydrogen) atoms. The van der Waals surface area contributed by atoms with Crippen molar-refractivity contribution in [3.63, 3.8) is 0 Å². The van der Waals surface area contributed by atoms with Crippen molar-refractivity contribution in [2.45, 2.75) is 13.0 Å². The molecule has 0 unspecified atom stereocenters. The van der Waals surface area contributed by atoms with Crippen LogP contribution in [0.2, 0.25) is 10.0 Å². The molecule has 164 valence electrons. The molecule has 0 aliphatic heterocycles. The average Bonchev–Trinajstić information content (AvgIpc) is 2.76. The molecular weight excluding hydrogens is 517 g/mol.